The van der Waals surface area contributed by atoms with Gasteiger partial charge in [0.1, 0.15) is 5.69 Å². The topological polar surface area (TPSA) is 111 Å². The fraction of sp³-hybridized carbons (Fsp3) is 0.333. The molecule has 0 saturated carbocycles. The zero-order valence-electron chi connectivity index (χ0n) is 20.6. The zero-order chi connectivity index (χ0) is 25.6. The summed E-state index contributed by atoms with van der Waals surface area (Å²) in [6, 6.07) is 13.2. The number of carbonyl (C=O) groups is 3. The molecule has 1 fully saturated rings. The van der Waals surface area contributed by atoms with Crippen LogP contribution >= 0.6 is 0 Å². The maximum atomic E-state index is 13.6. The van der Waals surface area contributed by atoms with E-state index in [0.29, 0.717) is 36.7 Å². The average Bonchev–Trinajstić information content (AvgIpc) is 3.54. The van der Waals surface area contributed by atoms with Gasteiger partial charge in [0.25, 0.3) is 0 Å². The fourth-order valence-electron chi connectivity index (χ4n) is 5.17. The summed E-state index contributed by atoms with van der Waals surface area (Å²) in [5.41, 5.74) is 10.2. The third-order valence-electron chi connectivity index (χ3n) is 7.02. The molecule has 186 valence electrons. The van der Waals surface area contributed by atoms with E-state index >= 15 is 0 Å². The van der Waals surface area contributed by atoms with Crippen LogP contribution in [0.5, 0.6) is 0 Å². The van der Waals surface area contributed by atoms with Gasteiger partial charge in [0, 0.05) is 48.5 Å². The van der Waals surface area contributed by atoms with Crippen LogP contribution in [0.2, 0.25) is 0 Å². The highest BCUT2D eigenvalue weighted by atomic mass is 16.5. The highest BCUT2D eigenvalue weighted by Gasteiger charge is 2.43. The van der Waals surface area contributed by atoms with Crippen LogP contribution in [0.25, 0.3) is 0 Å². The van der Waals surface area contributed by atoms with Crippen LogP contribution in [0.4, 0.5) is 17.1 Å². The van der Waals surface area contributed by atoms with Crippen LogP contribution in [0.3, 0.4) is 0 Å². The number of ether oxygens (including phenoxy) is 1. The highest BCUT2D eigenvalue weighted by molar-refractivity contribution is 6.05. The quantitative estimate of drug-likeness (QED) is 0.438. The van der Waals surface area contributed by atoms with Crippen LogP contribution in [-0.2, 0) is 26.3 Å². The number of benzene rings is 2. The Hall–Kier alpha value is -4.14. The minimum absolute atomic E-state index is 0.0445. The van der Waals surface area contributed by atoms with Gasteiger partial charge in [0.2, 0.25) is 11.8 Å². The average molecular weight is 488 g/mol. The molecule has 2 aromatic carbocycles. The first-order chi connectivity index (χ1) is 17.2. The molecule has 2 aliphatic rings. The number of methoxy groups -OCH3 is 1. The Morgan fingerprint density at radius 1 is 1.19 bits per heavy atom. The van der Waals surface area contributed by atoms with Crippen LogP contribution in [0, 0.1) is 5.92 Å². The first-order valence-corrected chi connectivity index (χ1v) is 11.9. The third-order valence-corrected chi connectivity index (χ3v) is 7.02. The SMILES string of the molecule is COC(=O)c1cncn1Cc1ccc2c(c1)C(C)(C)CN2C(=O)C1CC(=O)N(c2cccc(N)c2)C1. The number of nitrogens with zero attached hydrogens (tertiary/aromatic N) is 4. The van der Waals surface area contributed by atoms with Crippen LogP contribution in [0.1, 0.15) is 41.9 Å². The Balaban J connectivity index is 1.37. The summed E-state index contributed by atoms with van der Waals surface area (Å²) in [5.74, 6) is -0.982. The molecule has 2 amide bonds. The van der Waals surface area contributed by atoms with E-state index in [1.807, 2.05) is 29.2 Å². The number of hydrogen-bond donors (Lipinski definition) is 1. The molecular weight excluding hydrogens is 458 g/mol. The van der Waals surface area contributed by atoms with E-state index in [1.165, 1.54) is 13.3 Å². The molecule has 1 aromatic heterocycles. The second-order valence-electron chi connectivity index (χ2n) is 10.1. The number of esters is 1. The van der Waals surface area contributed by atoms with Crippen LogP contribution in [-0.4, -0.2) is 47.5 Å². The first-order valence-electron chi connectivity index (χ1n) is 11.9. The van der Waals surface area contributed by atoms with E-state index in [0.717, 1.165) is 16.8 Å². The number of nitrogens with two attached hydrogens (primary N) is 1. The van der Waals surface area contributed by atoms with Crippen molar-refractivity contribution in [3.05, 3.63) is 71.8 Å². The van der Waals surface area contributed by atoms with E-state index in [9.17, 15) is 14.4 Å². The molecule has 2 N–H and O–H groups in total. The van der Waals surface area contributed by atoms with E-state index in [1.54, 1.807) is 27.9 Å². The molecule has 36 heavy (non-hydrogen) atoms. The molecule has 0 spiro atoms. The highest BCUT2D eigenvalue weighted by Crippen LogP contribution is 2.42. The Bertz CT molecular complexity index is 1360. The van der Waals surface area contributed by atoms with Gasteiger partial charge in [-0.2, -0.15) is 0 Å². The lowest BCUT2D eigenvalue weighted by atomic mass is 9.86. The van der Waals surface area contributed by atoms with Crippen molar-refractivity contribution < 1.29 is 19.1 Å². The Morgan fingerprint density at radius 3 is 2.75 bits per heavy atom. The van der Waals surface area contributed by atoms with E-state index in [2.05, 4.69) is 24.9 Å². The molecule has 1 saturated heterocycles. The number of carbonyl (C=O) groups excluding carboxylic acids is 3. The smallest absolute Gasteiger partial charge is 0.356 e. The zero-order valence-corrected chi connectivity index (χ0v) is 20.6. The normalized spacial score (nSPS) is 18.4. The molecule has 9 nitrogen and oxygen atoms in total. The van der Waals surface area contributed by atoms with Crippen molar-refractivity contribution in [1.82, 2.24) is 9.55 Å². The van der Waals surface area contributed by atoms with Crippen molar-refractivity contribution >= 4 is 34.8 Å². The molecular formula is C27H29N5O4. The summed E-state index contributed by atoms with van der Waals surface area (Å²) in [7, 11) is 1.34. The lowest BCUT2D eigenvalue weighted by molar-refractivity contribution is -0.124. The summed E-state index contributed by atoms with van der Waals surface area (Å²) >= 11 is 0. The van der Waals surface area contributed by atoms with Crippen LogP contribution < -0.4 is 15.5 Å². The van der Waals surface area contributed by atoms with Gasteiger partial charge in [-0.15, -0.1) is 0 Å². The third kappa shape index (κ3) is 4.10. The number of rotatable bonds is 5. The van der Waals surface area contributed by atoms with Crippen molar-refractivity contribution in [3.63, 3.8) is 0 Å². The second-order valence-corrected chi connectivity index (χ2v) is 10.1. The minimum atomic E-state index is -0.441. The molecule has 1 unspecified atom stereocenters. The Morgan fingerprint density at radius 2 is 2.00 bits per heavy atom. The van der Waals surface area contributed by atoms with E-state index < -0.39 is 11.9 Å². The number of hydrogen-bond acceptors (Lipinski definition) is 6. The monoisotopic (exact) mass is 487 g/mol. The molecule has 1 atom stereocenters. The van der Waals surface area contributed by atoms with Gasteiger partial charge in [-0.25, -0.2) is 9.78 Å². The Kier molecular flexibility index (Phi) is 5.78. The van der Waals surface area contributed by atoms with Crippen molar-refractivity contribution in [2.45, 2.75) is 32.2 Å². The summed E-state index contributed by atoms with van der Waals surface area (Å²) in [6.45, 7) is 5.54. The number of fused-ring (bicyclic) bond motifs is 1. The second kappa shape index (κ2) is 8.82. The molecule has 3 aromatic rings. The van der Waals surface area contributed by atoms with Crippen LogP contribution in [0.15, 0.2) is 55.0 Å². The number of aromatic nitrogens is 2. The standard InChI is InChI=1S/C27H29N5O4/c1-27(2)15-32(25(34)18-10-24(33)31(14-18)20-6-4-5-19(28)11-20)22-8-7-17(9-21(22)27)13-30-16-29-12-23(30)26(35)36-3/h4-9,11-12,16,18H,10,13-15,28H2,1-3H3. The van der Waals surface area contributed by atoms with Gasteiger partial charge in [-0.3, -0.25) is 9.59 Å². The summed E-state index contributed by atoms with van der Waals surface area (Å²) < 4.78 is 6.58. The van der Waals surface area contributed by atoms with E-state index in [4.69, 9.17) is 10.5 Å². The van der Waals surface area contributed by atoms with Gasteiger partial charge < -0.3 is 24.8 Å². The fourth-order valence-corrected chi connectivity index (χ4v) is 5.17. The molecule has 9 heteroatoms. The number of nitrogen functional groups attached to an aromatic ring is 1. The first kappa shape index (κ1) is 23.6. The molecule has 0 radical (unpaired) electrons. The van der Waals surface area contributed by atoms with E-state index in [-0.39, 0.29) is 23.7 Å². The predicted molar refractivity (Wildman–Crippen MR) is 136 cm³/mol. The molecule has 3 heterocycles. The molecule has 0 aliphatic carbocycles. The molecule has 0 bridgehead atoms. The predicted octanol–water partition coefficient (Wildman–Crippen LogP) is 2.98. The lowest BCUT2D eigenvalue weighted by Crippen LogP contribution is -2.39. The number of amides is 2. The lowest BCUT2D eigenvalue weighted by Gasteiger charge is -2.23. The molecule has 5 rings (SSSR count). The number of imidazole rings is 1. The van der Waals surface area contributed by atoms with Crippen molar-refractivity contribution in [3.8, 4) is 0 Å². The van der Waals surface area contributed by atoms with Gasteiger partial charge in [0.05, 0.1) is 25.6 Å². The van der Waals surface area contributed by atoms with Crippen molar-refractivity contribution in [2.75, 3.05) is 35.7 Å². The maximum Gasteiger partial charge on any atom is 0.356 e. The summed E-state index contributed by atoms with van der Waals surface area (Å²) in [5, 5.41) is 0. The van der Waals surface area contributed by atoms with Crippen molar-refractivity contribution in [2.24, 2.45) is 5.92 Å². The summed E-state index contributed by atoms with van der Waals surface area (Å²) in [4.78, 5) is 45.9. The number of anilines is 3. The summed E-state index contributed by atoms with van der Waals surface area (Å²) in [6.07, 6.45) is 3.26. The van der Waals surface area contributed by atoms with Crippen molar-refractivity contribution in [1.29, 1.82) is 0 Å². The van der Waals surface area contributed by atoms with Gasteiger partial charge in [-0.05, 0) is 35.4 Å². The minimum Gasteiger partial charge on any atom is -0.464 e. The molecule has 2 aliphatic heterocycles. The largest absolute Gasteiger partial charge is 0.464 e. The van der Waals surface area contributed by atoms with Gasteiger partial charge in [0.15, 0.2) is 0 Å². The van der Waals surface area contributed by atoms with Gasteiger partial charge in [-0.1, -0.05) is 32.0 Å². The maximum absolute atomic E-state index is 13.6. The van der Waals surface area contributed by atoms with Gasteiger partial charge >= 0.3 is 5.97 Å². The Labute approximate surface area is 209 Å².